The Morgan fingerprint density at radius 3 is 1.87 bits per heavy atom. The van der Waals surface area contributed by atoms with Crippen LogP contribution in [0.1, 0.15) is 26.7 Å². The zero-order chi connectivity index (χ0) is 10.9. The third-order valence-corrected chi connectivity index (χ3v) is 4.87. The molecule has 0 amide bonds. The molecule has 0 saturated carbocycles. The quantitative estimate of drug-likeness (QED) is 0.630. The monoisotopic (exact) mass is 211 g/mol. The molecule has 0 aromatic rings. The summed E-state index contributed by atoms with van der Waals surface area (Å²) in [5.41, 5.74) is 0. The second-order valence-corrected chi connectivity index (χ2v) is 5.79. The Kier molecular flexibility index (Phi) is 3.36. The smallest absolute Gasteiger partial charge is 0.0916 e. The Morgan fingerprint density at radius 1 is 1.00 bits per heavy atom. The molecule has 88 valence electrons. The molecule has 0 aromatic heterocycles. The van der Waals surface area contributed by atoms with Gasteiger partial charge in [0, 0.05) is 24.9 Å². The molecule has 2 heteroatoms. The highest BCUT2D eigenvalue weighted by molar-refractivity contribution is 4.77. The Morgan fingerprint density at radius 2 is 1.47 bits per heavy atom. The van der Waals surface area contributed by atoms with Gasteiger partial charge >= 0.3 is 0 Å². The summed E-state index contributed by atoms with van der Waals surface area (Å²) in [6, 6.07) is 0. The lowest BCUT2D eigenvalue weighted by Gasteiger charge is -2.41. The first-order chi connectivity index (χ1) is 7.19. The van der Waals surface area contributed by atoms with Crippen LogP contribution >= 0.6 is 0 Å². The molecule has 15 heavy (non-hydrogen) atoms. The maximum Gasteiger partial charge on any atom is 0.0916 e. The molecule has 2 saturated heterocycles. The average molecular weight is 211 g/mol. The van der Waals surface area contributed by atoms with Crippen LogP contribution in [0.15, 0.2) is 0 Å². The molecule has 0 aliphatic carbocycles. The van der Waals surface area contributed by atoms with Gasteiger partial charge in [-0.1, -0.05) is 13.8 Å². The second-order valence-electron chi connectivity index (χ2n) is 5.79. The van der Waals surface area contributed by atoms with Crippen LogP contribution in [0.4, 0.5) is 0 Å². The van der Waals surface area contributed by atoms with Crippen molar-refractivity contribution in [1.29, 1.82) is 0 Å². The van der Waals surface area contributed by atoms with E-state index in [4.69, 9.17) is 0 Å². The van der Waals surface area contributed by atoms with E-state index in [-0.39, 0.29) is 0 Å². The minimum atomic E-state index is 1.01. The van der Waals surface area contributed by atoms with Crippen molar-refractivity contribution in [3.05, 3.63) is 0 Å². The van der Waals surface area contributed by atoms with Crippen molar-refractivity contribution in [1.82, 2.24) is 4.90 Å². The molecule has 0 bridgehead atoms. The highest BCUT2D eigenvalue weighted by atomic mass is 15.4. The zero-order valence-electron chi connectivity index (χ0n) is 10.7. The van der Waals surface area contributed by atoms with Crippen LogP contribution in [0, 0.1) is 11.8 Å². The van der Waals surface area contributed by atoms with Crippen molar-refractivity contribution >= 4 is 0 Å². The Labute approximate surface area is 94.8 Å². The van der Waals surface area contributed by atoms with E-state index in [9.17, 15) is 0 Å². The largest absolute Gasteiger partial charge is 0.321 e. The summed E-state index contributed by atoms with van der Waals surface area (Å²) in [4.78, 5) is 2.49. The van der Waals surface area contributed by atoms with Crippen molar-refractivity contribution in [3.8, 4) is 0 Å². The van der Waals surface area contributed by atoms with Crippen LogP contribution in [-0.4, -0.2) is 55.7 Å². The summed E-state index contributed by atoms with van der Waals surface area (Å²) in [6.07, 6.45) is 2.79. The van der Waals surface area contributed by atoms with Gasteiger partial charge in [-0.25, -0.2) is 0 Å². The summed E-state index contributed by atoms with van der Waals surface area (Å²) >= 11 is 0. The lowest BCUT2D eigenvalue weighted by atomic mass is 9.92. The van der Waals surface area contributed by atoms with Crippen molar-refractivity contribution in [2.24, 2.45) is 11.8 Å². The number of rotatable bonds is 2. The number of hydrogen-bond acceptors (Lipinski definition) is 1. The van der Waals surface area contributed by atoms with Crippen LogP contribution in [0.3, 0.4) is 0 Å². The number of quaternary nitrogens is 1. The molecule has 2 nitrogen and oxygen atoms in total. The lowest BCUT2D eigenvalue weighted by molar-refractivity contribution is -0.923. The minimum Gasteiger partial charge on any atom is -0.321 e. The van der Waals surface area contributed by atoms with E-state index in [0.29, 0.717) is 0 Å². The SMILES string of the molecule is CCC1C[N+]2(CCN(C)CC2)CC1CC. The van der Waals surface area contributed by atoms with Gasteiger partial charge < -0.3 is 4.48 Å². The minimum absolute atomic E-state index is 1.01. The van der Waals surface area contributed by atoms with E-state index in [0.717, 1.165) is 11.8 Å². The van der Waals surface area contributed by atoms with Gasteiger partial charge in [0.2, 0.25) is 0 Å². The molecule has 2 atom stereocenters. The van der Waals surface area contributed by atoms with E-state index < -0.39 is 0 Å². The molecule has 0 radical (unpaired) electrons. The van der Waals surface area contributed by atoms with Crippen molar-refractivity contribution in [2.45, 2.75) is 26.7 Å². The summed E-state index contributed by atoms with van der Waals surface area (Å²) in [5, 5.41) is 0. The fourth-order valence-electron chi connectivity index (χ4n) is 3.65. The lowest BCUT2D eigenvalue weighted by Crippen LogP contribution is -2.57. The van der Waals surface area contributed by atoms with E-state index >= 15 is 0 Å². The van der Waals surface area contributed by atoms with Crippen LogP contribution in [0.2, 0.25) is 0 Å². The first-order valence-corrected chi connectivity index (χ1v) is 6.73. The van der Waals surface area contributed by atoms with Gasteiger partial charge in [0.05, 0.1) is 26.2 Å². The number of likely N-dealkylation sites (N-methyl/N-ethyl adjacent to an activating group) is 1. The molecular weight excluding hydrogens is 184 g/mol. The van der Waals surface area contributed by atoms with Gasteiger partial charge in [0.25, 0.3) is 0 Å². The van der Waals surface area contributed by atoms with E-state index in [1.165, 1.54) is 56.6 Å². The summed E-state index contributed by atoms with van der Waals surface area (Å²) in [6.45, 7) is 13.1. The molecular formula is C13H27N2+. The first-order valence-electron chi connectivity index (χ1n) is 6.73. The highest BCUT2D eigenvalue weighted by Gasteiger charge is 2.44. The third kappa shape index (κ3) is 2.21. The highest BCUT2D eigenvalue weighted by Crippen LogP contribution is 2.34. The van der Waals surface area contributed by atoms with Gasteiger partial charge in [-0.3, -0.25) is 4.90 Å². The molecule has 0 N–H and O–H groups in total. The molecule has 2 fully saturated rings. The predicted octanol–water partition coefficient (Wildman–Crippen LogP) is 1.81. The molecule has 2 aliphatic rings. The van der Waals surface area contributed by atoms with Gasteiger partial charge in [-0.15, -0.1) is 0 Å². The molecule has 1 spiro atoms. The standard InChI is InChI=1S/C13H27N2/c1-4-12-10-15(11-13(12)5-2)8-6-14(3)7-9-15/h12-13H,4-11H2,1-3H3/q+1. The predicted molar refractivity (Wildman–Crippen MR) is 64.8 cm³/mol. The number of nitrogens with zero attached hydrogens (tertiary/aromatic N) is 2. The van der Waals surface area contributed by atoms with Gasteiger partial charge in [0.15, 0.2) is 0 Å². The van der Waals surface area contributed by atoms with Crippen LogP contribution in [0.25, 0.3) is 0 Å². The number of hydrogen-bond donors (Lipinski definition) is 0. The van der Waals surface area contributed by atoms with Crippen LogP contribution < -0.4 is 0 Å². The van der Waals surface area contributed by atoms with Crippen molar-refractivity contribution in [3.63, 3.8) is 0 Å². The van der Waals surface area contributed by atoms with Crippen molar-refractivity contribution < 1.29 is 4.48 Å². The molecule has 0 aromatic carbocycles. The zero-order valence-corrected chi connectivity index (χ0v) is 10.7. The fraction of sp³-hybridized carbons (Fsp3) is 1.00. The molecule has 2 heterocycles. The van der Waals surface area contributed by atoms with Crippen LogP contribution in [0.5, 0.6) is 0 Å². The maximum absolute atomic E-state index is 2.49. The van der Waals surface area contributed by atoms with Gasteiger partial charge in [0.1, 0.15) is 0 Å². The summed E-state index contributed by atoms with van der Waals surface area (Å²) in [7, 11) is 2.26. The van der Waals surface area contributed by atoms with Crippen LogP contribution in [-0.2, 0) is 0 Å². The van der Waals surface area contributed by atoms with E-state index in [2.05, 4.69) is 25.8 Å². The topological polar surface area (TPSA) is 3.24 Å². The van der Waals surface area contributed by atoms with E-state index in [1.807, 2.05) is 0 Å². The summed E-state index contributed by atoms with van der Waals surface area (Å²) < 4.78 is 1.45. The number of piperazine rings is 1. The van der Waals surface area contributed by atoms with E-state index in [1.54, 1.807) is 0 Å². The Balaban J connectivity index is 1.99. The second kappa shape index (κ2) is 4.42. The summed E-state index contributed by atoms with van der Waals surface area (Å²) in [5.74, 6) is 2.02. The Bertz CT molecular complexity index is 193. The molecule has 2 rings (SSSR count). The van der Waals surface area contributed by atoms with Gasteiger partial charge in [-0.2, -0.15) is 0 Å². The Hall–Kier alpha value is -0.0800. The maximum atomic E-state index is 2.49. The molecule has 2 unspecified atom stereocenters. The first kappa shape index (κ1) is 11.4. The van der Waals surface area contributed by atoms with Crippen molar-refractivity contribution in [2.75, 3.05) is 46.3 Å². The normalized spacial score (nSPS) is 36.2. The third-order valence-electron chi connectivity index (χ3n) is 4.87. The fourth-order valence-corrected chi connectivity index (χ4v) is 3.65. The molecule has 2 aliphatic heterocycles. The average Bonchev–Trinajstić information content (AvgIpc) is 2.62. The van der Waals surface area contributed by atoms with Gasteiger partial charge in [-0.05, 0) is 19.9 Å².